The van der Waals surface area contributed by atoms with Crippen LogP contribution in [0.4, 0.5) is 0 Å². The van der Waals surface area contributed by atoms with E-state index in [1.54, 1.807) is 0 Å². The molecule has 0 aliphatic carbocycles. The van der Waals surface area contributed by atoms with Crippen molar-refractivity contribution in [3.63, 3.8) is 0 Å². The van der Waals surface area contributed by atoms with Gasteiger partial charge in [0.1, 0.15) is 5.75 Å². The fourth-order valence-electron chi connectivity index (χ4n) is 2.55. The predicted molar refractivity (Wildman–Crippen MR) is 78.1 cm³/mol. The highest BCUT2D eigenvalue weighted by molar-refractivity contribution is 5.96. The van der Waals surface area contributed by atoms with Crippen LogP contribution in [0.1, 0.15) is 68.8 Å². The van der Waals surface area contributed by atoms with Gasteiger partial charge in [-0.1, -0.05) is 40.0 Å². The molecule has 2 nitrogen and oxygen atoms in total. The van der Waals surface area contributed by atoms with E-state index in [9.17, 15) is 4.79 Å². The Morgan fingerprint density at radius 3 is 2.79 bits per heavy atom. The van der Waals surface area contributed by atoms with Crippen molar-refractivity contribution in [2.75, 3.05) is 6.61 Å². The van der Waals surface area contributed by atoms with Gasteiger partial charge in [-0.15, -0.1) is 0 Å². The van der Waals surface area contributed by atoms with Gasteiger partial charge < -0.3 is 4.74 Å². The smallest absolute Gasteiger partial charge is 0.162 e. The van der Waals surface area contributed by atoms with Gasteiger partial charge in [0, 0.05) is 23.0 Å². The molecule has 0 spiro atoms. The van der Waals surface area contributed by atoms with E-state index in [1.165, 1.54) is 18.4 Å². The Balaban J connectivity index is 2.04. The number of ketones is 1. The first-order valence-corrected chi connectivity index (χ1v) is 7.35. The summed E-state index contributed by atoms with van der Waals surface area (Å²) in [6.07, 6.45) is 5.25. The number of Topliss-reactive ketones (excluding diaryl/α,β-unsaturated/α-hetero) is 1. The molecule has 0 radical (unpaired) electrons. The molecule has 0 aromatic heterocycles. The van der Waals surface area contributed by atoms with Gasteiger partial charge in [0.2, 0.25) is 0 Å². The van der Waals surface area contributed by atoms with Gasteiger partial charge in [-0.25, -0.2) is 0 Å². The minimum atomic E-state index is 0.0217. The summed E-state index contributed by atoms with van der Waals surface area (Å²) in [5.74, 6) is 1.20. The number of unbranched alkanes of at least 4 members (excludes halogenated alkanes) is 3. The maximum Gasteiger partial charge on any atom is 0.162 e. The first-order chi connectivity index (χ1) is 9.04. The van der Waals surface area contributed by atoms with E-state index in [-0.39, 0.29) is 11.2 Å². The molecule has 2 rings (SSSR count). The molecule has 2 heteroatoms. The number of ether oxygens (including phenoxy) is 1. The summed E-state index contributed by atoms with van der Waals surface area (Å²) in [5, 5.41) is 0. The number of hydrogen-bond acceptors (Lipinski definition) is 2. The van der Waals surface area contributed by atoms with E-state index in [0.717, 1.165) is 24.2 Å². The lowest BCUT2D eigenvalue weighted by molar-refractivity contribution is 0.0979. The van der Waals surface area contributed by atoms with Crippen LogP contribution in [-0.2, 0) is 5.41 Å². The van der Waals surface area contributed by atoms with E-state index in [1.807, 2.05) is 18.2 Å². The van der Waals surface area contributed by atoms with Crippen LogP contribution in [0.15, 0.2) is 18.2 Å². The van der Waals surface area contributed by atoms with Crippen molar-refractivity contribution in [3.05, 3.63) is 29.3 Å². The molecule has 0 unspecified atom stereocenters. The fraction of sp³-hybridized carbons (Fsp3) is 0.588. The predicted octanol–water partition coefficient (Wildman–Crippen LogP) is 4.51. The summed E-state index contributed by atoms with van der Waals surface area (Å²) in [4.78, 5) is 12.2. The van der Waals surface area contributed by atoms with Crippen LogP contribution < -0.4 is 4.74 Å². The number of hydrogen-bond donors (Lipinski definition) is 0. The fourth-order valence-corrected chi connectivity index (χ4v) is 2.55. The van der Waals surface area contributed by atoms with Crippen molar-refractivity contribution in [2.45, 2.75) is 58.3 Å². The third-order valence-corrected chi connectivity index (χ3v) is 3.88. The number of benzene rings is 1. The van der Waals surface area contributed by atoms with Gasteiger partial charge in [0.15, 0.2) is 5.78 Å². The number of carbonyl (C=O) groups excluding carboxylic acids is 1. The van der Waals surface area contributed by atoms with Crippen molar-refractivity contribution in [1.29, 1.82) is 0 Å². The van der Waals surface area contributed by atoms with Crippen molar-refractivity contribution in [2.24, 2.45) is 0 Å². The minimum absolute atomic E-state index is 0.0217. The topological polar surface area (TPSA) is 26.3 Å². The van der Waals surface area contributed by atoms with E-state index in [4.69, 9.17) is 4.74 Å². The number of rotatable bonds is 6. The Kier molecular flexibility index (Phi) is 4.28. The average molecular weight is 260 g/mol. The summed E-state index contributed by atoms with van der Waals surface area (Å²) < 4.78 is 5.65. The molecule has 19 heavy (non-hydrogen) atoms. The summed E-state index contributed by atoms with van der Waals surface area (Å²) in [6, 6.07) is 5.89. The van der Waals surface area contributed by atoms with Crippen molar-refractivity contribution in [3.8, 4) is 5.75 Å². The van der Waals surface area contributed by atoms with Crippen LogP contribution in [0, 0.1) is 0 Å². The Bertz CT molecular complexity index is 460. The summed E-state index contributed by atoms with van der Waals surface area (Å²) >= 11 is 0. The maximum absolute atomic E-state index is 12.2. The second-order valence-electron chi connectivity index (χ2n) is 6.12. The largest absolute Gasteiger partial charge is 0.492 e. The normalized spacial score (nSPS) is 15.9. The quantitative estimate of drug-likeness (QED) is 0.555. The molecule has 0 saturated carbocycles. The molecular formula is C17H24O2. The summed E-state index contributed by atoms with van der Waals surface area (Å²) in [5.41, 5.74) is 2.04. The number of carbonyl (C=O) groups is 1. The third-order valence-electron chi connectivity index (χ3n) is 3.88. The van der Waals surface area contributed by atoms with Gasteiger partial charge in [-0.2, -0.15) is 0 Å². The molecule has 0 amide bonds. The molecule has 1 aromatic rings. The highest BCUT2D eigenvalue weighted by Crippen LogP contribution is 2.38. The lowest BCUT2D eigenvalue weighted by atomic mass is 9.85. The highest BCUT2D eigenvalue weighted by Gasteiger charge is 2.32. The van der Waals surface area contributed by atoms with Crippen molar-refractivity contribution < 1.29 is 9.53 Å². The molecule has 1 aliphatic heterocycles. The summed E-state index contributed by atoms with van der Waals surface area (Å²) in [7, 11) is 0. The molecular weight excluding hydrogens is 236 g/mol. The zero-order valence-corrected chi connectivity index (χ0v) is 12.3. The monoisotopic (exact) mass is 260 g/mol. The second kappa shape index (κ2) is 5.77. The molecule has 0 saturated heterocycles. The average Bonchev–Trinajstić information content (AvgIpc) is 2.70. The molecule has 0 atom stereocenters. The van der Waals surface area contributed by atoms with Crippen LogP contribution >= 0.6 is 0 Å². The first kappa shape index (κ1) is 14.1. The zero-order valence-electron chi connectivity index (χ0n) is 12.3. The summed E-state index contributed by atoms with van der Waals surface area (Å²) in [6.45, 7) is 7.21. The second-order valence-corrected chi connectivity index (χ2v) is 6.12. The Labute approximate surface area is 116 Å². The van der Waals surface area contributed by atoms with Gasteiger partial charge in [0.25, 0.3) is 0 Å². The molecule has 0 N–H and O–H groups in total. The molecule has 1 aromatic carbocycles. The van der Waals surface area contributed by atoms with Gasteiger partial charge >= 0.3 is 0 Å². The molecule has 0 fully saturated rings. The third kappa shape index (κ3) is 3.17. The lowest BCUT2D eigenvalue weighted by Gasteiger charge is -2.15. The van der Waals surface area contributed by atoms with Gasteiger partial charge in [0.05, 0.1) is 6.61 Å². The van der Waals surface area contributed by atoms with Crippen LogP contribution in [0.5, 0.6) is 5.75 Å². The SMILES string of the molecule is CCCCCCC(=O)c1ccc2c(c1)C(C)(C)CO2. The maximum atomic E-state index is 12.2. The lowest BCUT2D eigenvalue weighted by Crippen LogP contribution is -2.18. The highest BCUT2D eigenvalue weighted by atomic mass is 16.5. The molecule has 0 bridgehead atoms. The van der Waals surface area contributed by atoms with Crippen LogP contribution in [0.2, 0.25) is 0 Å². The first-order valence-electron chi connectivity index (χ1n) is 7.35. The van der Waals surface area contributed by atoms with E-state index >= 15 is 0 Å². The van der Waals surface area contributed by atoms with E-state index in [0.29, 0.717) is 13.0 Å². The van der Waals surface area contributed by atoms with Crippen LogP contribution in [-0.4, -0.2) is 12.4 Å². The van der Waals surface area contributed by atoms with Crippen molar-refractivity contribution >= 4 is 5.78 Å². The Morgan fingerprint density at radius 2 is 2.05 bits per heavy atom. The molecule has 1 heterocycles. The van der Waals surface area contributed by atoms with Crippen LogP contribution in [0.3, 0.4) is 0 Å². The number of fused-ring (bicyclic) bond motifs is 1. The minimum Gasteiger partial charge on any atom is -0.492 e. The standard InChI is InChI=1S/C17H24O2/c1-4-5-6-7-8-15(18)13-9-10-16-14(11-13)17(2,3)12-19-16/h9-11H,4-8,12H2,1-3H3. The van der Waals surface area contributed by atoms with Gasteiger partial charge in [-0.3, -0.25) is 4.79 Å². The van der Waals surface area contributed by atoms with E-state index < -0.39 is 0 Å². The van der Waals surface area contributed by atoms with Crippen molar-refractivity contribution in [1.82, 2.24) is 0 Å². The van der Waals surface area contributed by atoms with E-state index in [2.05, 4.69) is 20.8 Å². The molecule has 104 valence electrons. The van der Waals surface area contributed by atoms with Crippen LogP contribution in [0.25, 0.3) is 0 Å². The Hall–Kier alpha value is -1.31. The zero-order chi connectivity index (χ0) is 13.9. The molecule has 1 aliphatic rings. The van der Waals surface area contributed by atoms with Gasteiger partial charge in [-0.05, 0) is 24.6 Å². The Morgan fingerprint density at radius 1 is 1.26 bits per heavy atom.